The van der Waals surface area contributed by atoms with Gasteiger partial charge in [0.25, 0.3) is 0 Å². The number of aromatic nitrogens is 2. The molecule has 4 nitrogen and oxygen atoms in total. The van der Waals surface area contributed by atoms with Gasteiger partial charge in [0.1, 0.15) is 0 Å². The van der Waals surface area contributed by atoms with Crippen LogP contribution in [0.15, 0.2) is 12.5 Å². The van der Waals surface area contributed by atoms with Gasteiger partial charge in [0.15, 0.2) is 0 Å². The number of rotatable bonds is 7. The standard InChI is InChI=1S/C9H15ClN2O2/c1-13-4-5-14-3-2-12-7-9(6-10)11-8-12/h7-8H,2-6H2,1H3. The molecule has 1 aromatic heterocycles. The first-order valence-corrected chi connectivity index (χ1v) is 5.03. The molecule has 0 aliphatic rings. The van der Waals surface area contributed by atoms with Crippen LogP contribution in [0.4, 0.5) is 0 Å². The van der Waals surface area contributed by atoms with Crippen molar-refractivity contribution in [3.05, 3.63) is 18.2 Å². The highest BCUT2D eigenvalue weighted by atomic mass is 35.5. The molecule has 0 spiro atoms. The fourth-order valence-corrected chi connectivity index (χ4v) is 1.15. The molecule has 80 valence electrons. The zero-order valence-corrected chi connectivity index (χ0v) is 9.04. The van der Waals surface area contributed by atoms with E-state index < -0.39 is 0 Å². The first-order chi connectivity index (χ1) is 6.86. The lowest BCUT2D eigenvalue weighted by Gasteiger charge is -2.03. The molecule has 0 unspecified atom stereocenters. The summed E-state index contributed by atoms with van der Waals surface area (Å²) in [6, 6.07) is 0. The highest BCUT2D eigenvalue weighted by Crippen LogP contribution is 1.99. The second-order valence-corrected chi connectivity index (χ2v) is 3.11. The van der Waals surface area contributed by atoms with Crippen LogP contribution in [0.3, 0.4) is 0 Å². The Morgan fingerprint density at radius 3 is 2.93 bits per heavy atom. The van der Waals surface area contributed by atoms with Crippen LogP contribution in [-0.2, 0) is 21.9 Å². The lowest BCUT2D eigenvalue weighted by Crippen LogP contribution is -2.08. The second-order valence-electron chi connectivity index (χ2n) is 2.84. The van der Waals surface area contributed by atoms with Gasteiger partial charge in [-0.25, -0.2) is 4.98 Å². The average molecular weight is 219 g/mol. The third kappa shape index (κ3) is 4.09. The molecule has 0 amide bonds. The minimum absolute atomic E-state index is 0.456. The van der Waals surface area contributed by atoms with E-state index in [1.165, 1.54) is 0 Å². The molecule has 0 saturated heterocycles. The topological polar surface area (TPSA) is 36.3 Å². The van der Waals surface area contributed by atoms with Crippen molar-refractivity contribution >= 4 is 11.6 Å². The van der Waals surface area contributed by atoms with Gasteiger partial charge in [0.05, 0.1) is 37.7 Å². The maximum atomic E-state index is 5.62. The van der Waals surface area contributed by atoms with E-state index in [9.17, 15) is 0 Å². The van der Waals surface area contributed by atoms with Gasteiger partial charge in [-0.2, -0.15) is 0 Å². The van der Waals surface area contributed by atoms with Crippen LogP contribution in [0.2, 0.25) is 0 Å². The quantitative estimate of drug-likeness (QED) is 0.511. The third-order valence-corrected chi connectivity index (χ3v) is 2.02. The summed E-state index contributed by atoms with van der Waals surface area (Å²) in [5.74, 6) is 0.456. The molecule has 0 aromatic carbocycles. The van der Waals surface area contributed by atoms with E-state index in [4.69, 9.17) is 21.1 Å². The number of hydrogen-bond donors (Lipinski definition) is 0. The molecule has 0 aliphatic carbocycles. The van der Waals surface area contributed by atoms with Gasteiger partial charge in [-0.05, 0) is 0 Å². The van der Waals surface area contributed by atoms with Gasteiger partial charge in [0, 0.05) is 19.9 Å². The minimum atomic E-state index is 0.456. The van der Waals surface area contributed by atoms with Gasteiger partial charge in [-0.1, -0.05) is 0 Å². The normalized spacial score (nSPS) is 10.7. The van der Waals surface area contributed by atoms with Gasteiger partial charge < -0.3 is 14.0 Å². The zero-order valence-electron chi connectivity index (χ0n) is 8.28. The Balaban J connectivity index is 2.12. The van der Waals surface area contributed by atoms with E-state index in [0.29, 0.717) is 25.7 Å². The molecule has 0 fully saturated rings. The first kappa shape index (κ1) is 11.5. The predicted molar refractivity (Wildman–Crippen MR) is 54.5 cm³/mol. The molecule has 0 radical (unpaired) electrons. The van der Waals surface area contributed by atoms with Crippen molar-refractivity contribution in [1.29, 1.82) is 0 Å². The molecule has 5 heteroatoms. The zero-order chi connectivity index (χ0) is 10.2. The molecule has 1 rings (SSSR count). The number of halogens is 1. The van der Waals surface area contributed by atoms with Crippen LogP contribution in [0.5, 0.6) is 0 Å². The van der Waals surface area contributed by atoms with E-state index in [2.05, 4.69) is 4.98 Å². The van der Waals surface area contributed by atoms with Crippen molar-refractivity contribution in [2.24, 2.45) is 0 Å². The Morgan fingerprint density at radius 1 is 1.43 bits per heavy atom. The van der Waals surface area contributed by atoms with E-state index in [1.807, 2.05) is 10.8 Å². The molecule has 1 aromatic rings. The molecular formula is C9H15ClN2O2. The van der Waals surface area contributed by atoms with Crippen LogP contribution >= 0.6 is 11.6 Å². The van der Waals surface area contributed by atoms with Gasteiger partial charge in [-0.3, -0.25) is 0 Å². The van der Waals surface area contributed by atoms with Crippen molar-refractivity contribution in [2.75, 3.05) is 26.9 Å². The smallest absolute Gasteiger partial charge is 0.0950 e. The lowest BCUT2D eigenvalue weighted by atomic mass is 10.5. The Morgan fingerprint density at radius 2 is 2.29 bits per heavy atom. The summed E-state index contributed by atoms with van der Waals surface area (Å²) in [6.07, 6.45) is 3.68. The number of methoxy groups -OCH3 is 1. The number of alkyl halides is 1. The molecule has 0 N–H and O–H groups in total. The fourth-order valence-electron chi connectivity index (χ4n) is 1.01. The van der Waals surface area contributed by atoms with E-state index in [1.54, 1.807) is 13.4 Å². The van der Waals surface area contributed by atoms with Crippen LogP contribution in [0.1, 0.15) is 5.69 Å². The molecule has 0 atom stereocenters. The fraction of sp³-hybridized carbons (Fsp3) is 0.667. The highest BCUT2D eigenvalue weighted by molar-refractivity contribution is 6.16. The Hall–Kier alpha value is -0.580. The van der Waals surface area contributed by atoms with Crippen LogP contribution in [0.25, 0.3) is 0 Å². The van der Waals surface area contributed by atoms with Crippen molar-refractivity contribution in [2.45, 2.75) is 12.4 Å². The first-order valence-electron chi connectivity index (χ1n) is 4.50. The molecule has 0 saturated carbocycles. The molecular weight excluding hydrogens is 204 g/mol. The lowest BCUT2D eigenvalue weighted by molar-refractivity contribution is 0.0666. The second kappa shape index (κ2) is 6.81. The summed E-state index contributed by atoms with van der Waals surface area (Å²) in [5.41, 5.74) is 0.892. The minimum Gasteiger partial charge on any atom is -0.382 e. The Labute approximate surface area is 88.8 Å². The molecule has 0 aliphatic heterocycles. The molecule has 1 heterocycles. The van der Waals surface area contributed by atoms with Gasteiger partial charge in [0.2, 0.25) is 0 Å². The summed E-state index contributed by atoms with van der Waals surface area (Å²) in [5, 5.41) is 0. The largest absolute Gasteiger partial charge is 0.382 e. The third-order valence-electron chi connectivity index (χ3n) is 1.75. The number of ether oxygens (including phenoxy) is 2. The summed E-state index contributed by atoms with van der Waals surface area (Å²) in [6.45, 7) is 2.74. The maximum absolute atomic E-state index is 5.62. The SMILES string of the molecule is COCCOCCn1cnc(CCl)c1. The van der Waals surface area contributed by atoms with E-state index >= 15 is 0 Å². The summed E-state index contributed by atoms with van der Waals surface area (Å²) >= 11 is 5.62. The highest BCUT2D eigenvalue weighted by Gasteiger charge is 1.96. The van der Waals surface area contributed by atoms with Crippen molar-refractivity contribution in [3.63, 3.8) is 0 Å². The number of nitrogens with zero attached hydrogens (tertiary/aromatic N) is 2. The summed E-state index contributed by atoms with van der Waals surface area (Å²) in [7, 11) is 1.66. The van der Waals surface area contributed by atoms with Crippen LogP contribution in [0, 0.1) is 0 Å². The van der Waals surface area contributed by atoms with Crippen LogP contribution < -0.4 is 0 Å². The van der Waals surface area contributed by atoms with E-state index in [-0.39, 0.29) is 0 Å². The maximum Gasteiger partial charge on any atom is 0.0950 e. The van der Waals surface area contributed by atoms with Crippen molar-refractivity contribution in [3.8, 4) is 0 Å². The Bertz CT molecular complexity index is 253. The number of imidazole rings is 1. The van der Waals surface area contributed by atoms with Crippen molar-refractivity contribution in [1.82, 2.24) is 9.55 Å². The monoisotopic (exact) mass is 218 g/mol. The summed E-state index contributed by atoms with van der Waals surface area (Å²) < 4.78 is 12.1. The number of hydrogen-bond acceptors (Lipinski definition) is 3. The average Bonchev–Trinajstić information content (AvgIpc) is 2.65. The Kier molecular flexibility index (Phi) is 5.59. The van der Waals surface area contributed by atoms with Gasteiger partial charge >= 0.3 is 0 Å². The van der Waals surface area contributed by atoms with E-state index in [0.717, 1.165) is 12.2 Å². The summed E-state index contributed by atoms with van der Waals surface area (Å²) in [4.78, 5) is 4.10. The van der Waals surface area contributed by atoms with Gasteiger partial charge in [-0.15, -0.1) is 11.6 Å². The molecule has 0 bridgehead atoms. The van der Waals surface area contributed by atoms with Crippen LogP contribution in [-0.4, -0.2) is 36.5 Å². The molecule has 14 heavy (non-hydrogen) atoms. The van der Waals surface area contributed by atoms with Crippen molar-refractivity contribution < 1.29 is 9.47 Å². The predicted octanol–water partition coefficient (Wildman–Crippen LogP) is 1.28.